The van der Waals surface area contributed by atoms with Gasteiger partial charge in [0.15, 0.2) is 9.84 Å². The van der Waals surface area contributed by atoms with Crippen LogP contribution in [0.2, 0.25) is 0 Å². The molecule has 4 nitrogen and oxygen atoms in total. The van der Waals surface area contributed by atoms with E-state index in [2.05, 4.69) is 11.4 Å². The van der Waals surface area contributed by atoms with Crippen LogP contribution >= 0.6 is 0 Å². The number of fused-ring (bicyclic) bond motifs is 1. The van der Waals surface area contributed by atoms with Gasteiger partial charge in [0, 0.05) is 23.7 Å². The Labute approximate surface area is 132 Å². The minimum atomic E-state index is -2.93. The van der Waals surface area contributed by atoms with Crippen molar-refractivity contribution in [2.75, 3.05) is 25.2 Å². The van der Waals surface area contributed by atoms with Crippen LogP contribution in [0.15, 0.2) is 36.4 Å². The first kappa shape index (κ1) is 16.8. The molecule has 120 valence electrons. The number of methoxy groups -OCH3 is 1. The fourth-order valence-electron chi connectivity index (χ4n) is 2.54. The molecule has 0 unspecified atom stereocenters. The third-order valence-electron chi connectivity index (χ3n) is 3.91. The lowest BCUT2D eigenvalue weighted by molar-refractivity contribution is 0.419. The van der Waals surface area contributed by atoms with E-state index in [0.29, 0.717) is 6.54 Å². The Morgan fingerprint density at radius 1 is 1.14 bits per heavy atom. The fraction of sp³-hybridized carbons (Fsp3) is 0.412. The number of nitrogens with one attached hydrogen (secondary N) is 1. The first-order valence-corrected chi connectivity index (χ1v) is 9.30. The van der Waals surface area contributed by atoms with Crippen LogP contribution < -0.4 is 10.1 Å². The molecule has 0 bridgehead atoms. The number of hydrogen-bond donors (Lipinski definition) is 1. The van der Waals surface area contributed by atoms with Gasteiger partial charge in [0.25, 0.3) is 0 Å². The van der Waals surface area contributed by atoms with Gasteiger partial charge >= 0.3 is 0 Å². The van der Waals surface area contributed by atoms with Crippen LogP contribution in [0.25, 0.3) is 10.8 Å². The van der Waals surface area contributed by atoms with Gasteiger partial charge in [-0.05, 0) is 23.9 Å². The van der Waals surface area contributed by atoms with Gasteiger partial charge in [-0.1, -0.05) is 37.3 Å². The van der Waals surface area contributed by atoms with E-state index in [9.17, 15) is 8.42 Å². The van der Waals surface area contributed by atoms with E-state index < -0.39 is 9.84 Å². The molecule has 2 aromatic rings. The van der Waals surface area contributed by atoms with Crippen LogP contribution in [0.4, 0.5) is 0 Å². The van der Waals surface area contributed by atoms with E-state index in [1.165, 1.54) is 0 Å². The summed E-state index contributed by atoms with van der Waals surface area (Å²) < 4.78 is 28.5. The molecular weight excluding hydrogens is 298 g/mol. The van der Waals surface area contributed by atoms with Gasteiger partial charge in [0.1, 0.15) is 5.75 Å². The molecule has 5 heteroatoms. The van der Waals surface area contributed by atoms with Crippen molar-refractivity contribution >= 4 is 20.6 Å². The molecule has 2 rings (SSSR count). The monoisotopic (exact) mass is 321 g/mol. The van der Waals surface area contributed by atoms with Gasteiger partial charge in [-0.25, -0.2) is 8.42 Å². The standard InChI is InChI=1S/C17H23NO3S/c1-4-22(19,20)12-11-18-13(2)14-9-10-17(21-3)16-8-6-5-7-15(14)16/h5-10,13,18H,4,11-12H2,1-3H3/t13-/m0/s1. The zero-order valence-electron chi connectivity index (χ0n) is 13.3. The summed E-state index contributed by atoms with van der Waals surface area (Å²) >= 11 is 0. The smallest absolute Gasteiger partial charge is 0.151 e. The molecule has 2 aromatic carbocycles. The van der Waals surface area contributed by atoms with E-state index >= 15 is 0 Å². The molecule has 1 atom stereocenters. The fourth-order valence-corrected chi connectivity index (χ4v) is 3.25. The highest BCUT2D eigenvalue weighted by Gasteiger charge is 2.13. The SMILES string of the molecule is CCS(=O)(=O)CCN[C@@H](C)c1ccc(OC)c2ccccc12. The Morgan fingerprint density at radius 3 is 2.45 bits per heavy atom. The second-order valence-electron chi connectivity index (χ2n) is 5.31. The Bertz CT molecular complexity index is 741. The lowest BCUT2D eigenvalue weighted by atomic mass is 9.99. The molecule has 1 N–H and O–H groups in total. The van der Waals surface area contributed by atoms with E-state index in [4.69, 9.17) is 4.74 Å². The van der Waals surface area contributed by atoms with Crippen molar-refractivity contribution in [2.24, 2.45) is 0 Å². The van der Waals surface area contributed by atoms with E-state index in [0.717, 1.165) is 22.1 Å². The summed E-state index contributed by atoms with van der Waals surface area (Å²) in [5.74, 6) is 1.20. The van der Waals surface area contributed by atoms with E-state index in [1.54, 1.807) is 14.0 Å². The quantitative estimate of drug-likeness (QED) is 0.852. The van der Waals surface area contributed by atoms with Crippen LogP contribution in [0, 0.1) is 0 Å². The van der Waals surface area contributed by atoms with Gasteiger partial charge in [0.05, 0.1) is 12.9 Å². The maximum Gasteiger partial charge on any atom is 0.151 e. The zero-order chi connectivity index (χ0) is 16.2. The van der Waals surface area contributed by atoms with Crippen molar-refractivity contribution in [3.8, 4) is 5.75 Å². The van der Waals surface area contributed by atoms with E-state index in [-0.39, 0.29) is 17.5 Å². The van der Waals surface area contributed by atoms with Crippen molar-refractivity contribution in [2.45, 2.75) is 19.9 Å². The third kappa shape index (κ3) is 3.78. The van der Waals surface area contributed by atoms with Gasteiger partial charge in [-0.15, -0.1) is 0 Å². The van der Waals surface area contributed by atoms with Crippen LogP contribution in [0.3, 0.4) is 0 Å². The lowest BCUT2D eigenvalue weighted by Gasteiger charge is -2.18. The first-order valence-electron chi connectivity index (χ1n) is 7.48. The molecular formula is C17H23NO3S. The number of ether oxygens (including phenoxy) is 1. The topological polar surface area (TPSA) is 55.4 Å². The summed E-state index contributed by atoms with van der Waals surface area (Å²) in [4.78, 5) is 0. The number of benzene rings is 2. The Balaban J connectivity index is 2.20. The van der Waals surface area contributed by atoms with E-state index in [1.807, 2.05) is 37.3 Å². The molecule has 0 amide bonds. The van der Waals surface area contributed by atoms with Crippen LogP contribution in [0.1, 0.15) is 25.5 Å². The molecule has 22 heavy (non-hydrogen) atoms. The molecule has 0 heterocycles. The van der Waals surface area contributed by atoms with Crippen molar-refractivity contribution in [1.82, 2.24) is 5.32 Å². The maximum absolute atomic E-state index is 11.6. The number of hydrogen-bond acceptors (Lipinski definition) is 4. The normalized spacial score (nSPS) is 13.2. The molecule has 0 aliphatic carbocycles. The summed E-state index contributed by atoms with van der Waals surface area (Å²) in [5, 5.41) is 5.49. The van der Waals surface area contributed by atoms with Crippen molar-refractivity contribution in [3.05, 3.63) is 42.0 Å². The molecule has 0 aliphatic heterocycles. The lowest BCUT2D eigenvalue weighted by Crippen LogP contribution is -2.26. The highest BCUT2D eigenvalue weighted by atomic mass is 32.2. The molecule has 0 spiro atoms. The predicted molar refractivity (Wildman–Crippen MR) is 91.2 cm³/mol. The molecule has 0 aliphatic rings. The number of sulfone groups is 1. The summed E-state index contributed by atoms with van der Waals surface area (Å²) in [6, 6.07) is 12.1. The minimum absolute atomic E-state index is 0.0721. The van der Waals surface area contributed by atoms with Gasteiger partial charge < -0.3 is 10.1 Å². The van der Waals surface area contributed by atoms with Crippen molar-refractivity contribution in [3.63, 3.8) is 0 Å². The van der Waals surface area contributed by atoms with Crippen molar-refractivity contribution in [1.29, 1.82) is 0 Å². The maximum atomic E-state index is 11.6. The van der Waals surface area contributed by atoms with Crippen molar-refractivity contribution < 1.29 is 13.2 Å². The average Bonchev–Trinajstić information content (AvgIpc) is 2.53. The Kier molecular flexibility index (Phi) is 5.42. The largest absolute Gasteiger partial charge is 0.496 e. The van der Waals surface area contributed by atoms with Crippen LogP contribution in [-0.2, 0) is 9.84 Å². The van der Waals surface area contributed by atoms with Gasteiger partial charge in [-0.3, -0.25) is 0 Å². The molecule has 0 saturated carbocycles. The Morgan fingerprint density at radius 2 is 1.82 bits per heavy atom. The average molecular weight is 321 g/mol. The minimum Gasteiger partial charge on any atom is -0.496 e. The molecule has 0 radical (unpaired) electrons. The summed E-state index contributed by atoms with van der Waals surface area (Å²) in [5.41, 5.74) is 1.14. The van der Waals surface area contributed by atoms with Crippen LogP contribution in [-0.4, -0.2) is 33.6 Å². The second kappa shape index (κ2) is 7.11. The highest BCUT2D eigenvalue weighted by Crippen LogP contribution is 2.31. The van der Waals surface area contributed by atoms with Gasteiger partial charge in [-0.2, -0.15) is 0 Å². The van der Waals surface area contributed by atoms with Gasteiger partial charge in [0.2, 0.25) is 0 Å². The van der Waals surface area contributed by atoms with Crippen LogP contribution in [0.5, 0.6) is 5.75 Å². The second-order valence-corrected chi connectivity index (χ2v) is 7.79. The molecule has 0 fully saturated rings. The summed E-state index contributed by atoms with van der Waals surface area (Å²) in [6.45, 7) is 4.18. The summed E-state index contributed by atoms with van der Waals surface area (Å²) in [7, 11) is -1.27. The third-order valence-corrected chi connectivity index (χ3v) is 5.61. The predicted octanol–water partition coefficient (Wildman–Crippen LogP) is 2.93. The first-order chi connectivity index (χ1) is 10.5. The molecule has 0 saturated heterocycles. The Hall–Kier alpha value is -1.59. The molecule has 0 aromatic heterocycles. The number of rotatable bonds is 7. The highest BCUT2D eigenvalue weighted by molar-refractivity contribution is 7.91. The summed E-state index contributed by atoms with van der Waals surface area (Å²) in [6.07, 6.45) is 0. The zero-order valence-corrected chi connectivity index (χ0v) is 14.1.